The van der Waals surface area contributed by atoms with Crippen LogP contribution in [0.15, 0.2) is 70.6 Å². The van der Waals surface area contributed by atoms with Crippen molar-refractivity contribution in [2.75, 3.05) is 0 Å². The smallest absolute Gasteiger partial charge is 0.342 e. The van der Waals surface area contributed by atoms with Gasteiger partial charge in [-0.05, 0) is 74.5 Å². The number of aromatic nitrogens is 1. The minimum absolute atomic E-state index is 0.383. The molecule has 0 aliphatic heterocycles. The highest BCUT2D eigenvalue weighted by atomic mass is 19.4. The van der Waals surface area contributed by atoms with Gasteiger partial charge in [0.2, 0.25) is 0 Å². The molecule has 32 heavy (non-hydrogen) atoms. The Kier molecular flexibility index (Phi) is 6.29. The molecule has 168 valence electrons. The second-order valence-corrected chi connectivity index (χ2v) is 7.15. The van der Waals surface area contributed by atoms with Gasteiger partial charge in [-0.3, -0.25) is 9.98 Å². The highest BCUT2D eigenvalue weighted by Crippen LogP contribution is 2.31. The molecule has 3 rings (SSSR count). The second kappa shape index (κ2) is 8.64. The molecule has 1 aromatic heterocycles. The molecule has 3 nitrogen and oxygen atoms in total. The summed E-state index contributed by atoms with van der Waals surface area (Å²) in [6, 6.07) is 12.7. The van der Waals surface area contributed by atoms with E-state index in [0.717, 1.165) is 35.7 Å². The van der Waals surface area contributed by atoms with Crippen LogP contribution >= 0.6 is 0 Å². The predicted molar refractivity (Wildman–Crippen MR) is 112 cm³/mol. The second-order valence-electron chi connectivity index (χ2n) is 7.15. The minimum Gasteiger partial charge on any atom is -0.342 e. The fourth-order valence-electron chi connectivity index (χ4n) is 3.19. The van der Waals surface area contributed by atoms with Crippen molar-refractivity contribution in [2.24, 2.45) is 17.0 Å². The van der Waals surface area contributed by atoms with Crippen LogP contribution in [0.3, 0.4) is 0 Å². The molecule has 0 aliphatic carbocycles. The molecule has 0 spiro atoms. The van der Waals surface area contributed by atoms with E-state index in [2.05, 4.69) is 9.98 Å². The molecule has 0 radical (unpaired) electrons. The van der Waals surface area contributed by atoms with Gasteiger partial charge in [-0.2, -0.15) is 26.3 Å². The van der Waals surface area contributed by atoms with Gasteiger partial charge in [0.25, 0.3) is 0 Å². The van der Waals surface area contributed by atoms with Crippen LogP contribution in [0.1, 0.15) is 36.4 Å². The SMILES string of the molecule is CC(=Nc1ccc(C(F)(F)F)cc1)c1ccc(C(C)=Nc2ccc(C(F)(F)F)cc2)n1C. The van der Waals surface area contributed by atoms with Crippen molar-refractivity contribution in [1.82, 2.24) is 4.57 Å². The number of hydrogen-bond acceptors (Lipinski definition) is 2. The third-order valence-corrected chi connectivity index (χ3v) is 4.85. The Morgan fingerprint density at radius 3 is 1.19 bits per heavy atom. The standard InChI is InChI=1S/C23H19F6N3/c1-14(30-18-8-4-16(5-9-18)22(24,25)26)20-12-13-21(32(20)3)15(2)31-19-10-6-17(7-11-19)23(27,28)29/h4-13H,1-3H3. The van der Waals surface area contributed by atoms with E-state index in [9.17, 15) is 26.3 Å². The van der Waals surface area contributed by atoms with Crippen LogP contribution in [-0.2, 0) is 19.4 Å². The summed E-state index contributed by atoms with van der Waals surface area (Å²) in [6.45, 7) is 3.47. The Balaban J connectivity index is 1.83. The molecular weight excluding hydrogens is 432 g/mol. The van der Waals surface area contributed by atoms with Gasteiger partial charge in [0.1, 0.15) is 0 Å². The molecular formula is C23H19F6N3. The molecule has 0 atom stereocenters. The fraction of sp³-hybridized carbons (Fsp3) is 0.217. The number of rotatable bonds is 4. The molecule has 0 unspecified atom stereocenters. The van der Waals surface area contributed by atoms with Crippen molar-refractivity contribution in [3.8, 4) is 0 Å². The first-order valence-corrected chi connectivity index (χ1v) is 9.48. The maximum absolute atomic E-state index is 12.7. The number of nitrogens with zero attached hydrogens (tertiary/aromatic N) is 3. The van der Waals surface area contributed by atoms with Gasteiger partial charge in [-0.1, -0.05) is 0 Å². The summed E-state index contributed by atoms with van der Waals surface area (Å²) in [4.78, 5) is 8.77. The van der Waals surface area contributed by atoms with Crippen LogP contribution in [0.25, 0.3) is 0 Å². The van der Waals surface area contributed by atoms with E-state index < -0.39 is 23.5 Å². The average Bonchev–Trinajstić information content (AvgIpc) is 3.09. The van der Waals surface area contributed by atoms with Crippen molar-refractivity contribution in [3.05, 3.63) is 83.2 Å². The zero-order valence-electron chi connectivity index (χ0n) is 17.4. The summed E-state index contributed by atoms with van der Waals surface area (Å²) < 4.78 is 78.0. The molecule has 2 aromatic carbocycles. The number of hydrogen-bond donors (Lipinski definition) is 0. The number of alkyl halides is 6. The molecule has 0 aliphatic rings. The Labute approximate surface area is 180 Å². The first kappa shape index (κ1) is 23.3. The first-order valence-electron chi connectivity index (χ1n) is 9.48. The van der Waals surface area contributed by atoms with Gasteiger partial charge in [0.05, 0.1) is 45.3 Å². The first-order chi connectivity index (χ1) is 14.9. The fourth-order valence-corrected chi connectivity index (χ4v) is 3.19. The summed E-state index contributed by atoms with van der Waals surface area (Å²) >= 11 is 0. The molecule has 0 fully saturated rings. The van der Waals surface area contributed by atoms with Crippen LogP contribution in [0.5, 0.6) is 0 Å². The Bertz CT molecular complexity index is 1060. The van der Waals surface area contributed by atoms with Crippen LogP contribution in [0.4, 0.5) is 37.7 Å². The van der Waals surface area contributed by atoms with E-state index in [1.54, 1.807) is 33.0 Å². The lowest BCUT2D eigenvalue weighted by Gasteiger charge is -2.09. The Morgan fingerprint density at radius 1 is 0.594 bits per heavy atom. The molecule has 0 saturated heterocycles. The quantitative estimate of drug-likeness (QED) is 0.293. The van der Waals surface area contributed by atoms with Gasteiger partial charge in [-0.25, -0.2) is 0 Å². The van der Waals surface area contributed by atoms with E-state index >= 15 is 0 Å². The van der Waals surface area contributed by atoms with E-state index in [-0.39, 0.29) is 0 Å². The number of halogens is 6. The zero-order chi connectivity index (χ0) is 23.7. The van der Waals surface area contributed by atoms with Crippen LogP contribution in [-0.4, -0.2) is 16.0 Å². The zero-order valence-corrected chi connectivity index (χ0v) is 17.4. The van der Waals surface area contributed by atoms with Gasteiger partial charge < -0.3 is 4.57 Å². The van der Waals surface area contributed by atoms with Gasteiger partial charge in [-0.15, -0.1) is 0 Å². The molecule has 9 heteroatoms. The molecule has 0 N–H and O–H groups in total. The summed E-state index contributed by atoms with van der Waals surface area (Å²) in [7, 11) is 1.78. The van der Waals surface area contributed by atoms with E-state index in [1.807, 2.05) is 4.57 Å². The third kappa shape index (κ3) is 5.27. The highest BCUT2D eigenvalue weighted by Gasteiger charge is 2.30. The highest BCUT2D eigenvalue weighted by molar-refractivity contribution is 6.03. The lowest BCUT2D eigenvalue weighted by Crippen LogP contribution is -2.09. The van der Waals surface area contributed by atoms with E-state index in [0.29, 0.717) is 22.8 Å². The monoisotopic (exact) mass is 451 g/mol. The predicted octanol–water partition coefficient (Wildman–Crippen LogP) is 7.34. The lowest BCUT2D eigenvalue weighted by atomic mass is 10.2. The van der Waals surface area contributed by atoms with Gasteiger partial charge in [0, 0.05) is 7.05 Å². The molecule has 3 aromatic rings. The average molecular weight is 451 g/mol. The number of benzene rings is 2. The van der Waals surface area contributed by atoms with Gasteiger partial charge >= 0.3 is 12.4 Å². The number of aliphatic imine (C=N–C) groups is 2. The molecule has 1 heterocycles. The molecule has 0 saturated carbocycles. The van der Waals surface area contributed by atoms with E-state index in [4.69, 9.17) is 0 Å². The summed E-state index contributed by atoms with van der Waals surface area (Å²) in [5.41, 5.74) is 1.89. The largest absolute Gasteiger partial charge is 0.416 e. The third-order valence-electron chi connectivity index (χ3n) is 4.85. The van der Waals surface area contributed by atoms with Crippen molar-refractivity contribution in [3.63, 3.8) is 0 Å². The maximum Gasteiger partial charge on any atom is 0.416 e. The lowest BCUT2D eigenvalue weighted by molar-refractivity contribution is -0.138. The topological polar surface area (TPSA) is 29.6 Å². The van der Waals surface area contributed by atoms with Crippen molar-refractivity contribution < 1.29 is 26.3 Å². The summed E-state index contributed by atoms with van der Waals surface area (Å²) in [5, 5.41) is 0. The van der Waals surface area contributed by atoms with Gasteiger partial charge in [0.15, 0.2) is 0 Å². The van der Waals surface area contributed by atoms with Crippen LogP contribution in [0.2, 0.25) is 0 Å². The molecule has 0 amide bonds. The molecule has 0 bridgehead atoms. The summed E-state index contributed by atoms with van der Waals surface area (Å²) in [5.74, 6) is 0. The van der Waals surface area contributed by atoms with Crippen molar-refractivity contribution in [1.29, 1.82) is 0 Å². The Hall–Kier alpha value is -3.36. The normalized spacial score (nSPS) is 13.5. The maximum atomic E-state index is 12.7. The van der Waals surface area contributed by atoms with Crippen molar-refractivity contribution >= 4 is 22.8 Å². The Morgan fingerprint density at radius 2 is 0.906 bits per heavy atom. The van der Waals surface area contributed by atoms with Crippen LogP contribution in [0, 0.1) is 0 Å². The minimum atomic E-state index is -4.41. The van der Waals surface area contributed by atoms with Crippen molar-refractivity contribution in [2.45, 2.75) is 26.2 Å². The van der Waals surface area contributed by atoms with E-state index in [1.165, 1.54) is 24.3 Å². The summed E-state index contributed by atoms with van der Waals surface area (Å²) in [6.07, 6.45) is -8.82. The van der Waals surface area contributed by atoms with Crippen LogP contribution < -0.4 is 0 Å².